The smallest absolute Gasteiger partial charge is 0.208 e. The van der Waals surface area contributed by atoms with Gasteiger partial charge in [0.15, 0.2) is 11.3 Å². The number of aromatic amines is 4. The molecular weight excluding hydrogens is 647 g/mol. The Kier molecular flexibility index (Phi) is 7.57. The lowest BCUT2D eigenvalue weighted by Gasteiger charge is -2.26. The van der Waals surface area contributed by atoms with E-state index in [0.717, 1.165) is 63.5 Å². The van der Waals surface area contributed by atoms with Crippen molar-refractivity contribution >= 4 is 55.9 Å². The summed E-state index contributed by atoms with van der Waals surface area (Å²) in [5.41, 5.74) is 11.8. The van der Waals surface area contributed by atoms with Gasteiger partial charge in [0.2, 0.25) is 5.95 Å². The Bertz CT molecular complexity index is 2580. The first-order chi connectivity index (χ1) is 25.5. The number of H-pyrrole nitrogens is 4. The van der Waals surface area contributed by atoms with E-state index in [-0.39, 0.29) is 0 Å². The van der Waals surface area contributed by atoms with Crippen molar-refractivity contribution in [3.63, 3.8) is 0 Å². The summed E-state index contributed by atoms with van der Waals surface area (Å²) >= 11 is 0. The van der Waals surface area contributed by atoms with Crippen molar-refractivity contribution in [3.8, 4) is 22.5 Å². The Labute approximate surface area is 301 Å². The van der Waals surface area contributed by atoms with Crippen LogP contribution < -0.4 is 10.6 Å². The number of nitrogens with zero attached hydrogens (tertiary/aromatic N) is 5. The molecule has 0 spiro atoms. The number of pyridine rings is 2. The molecule has 262 valence electrons. The maximum Gasteiger partial charge on any atom is 0.208 e. The predicted octanol–water partition coefficient (Wildman–Crippen LogP) is 8.59. The fraction of sp³-hybridized carbons (Fsp3) is 0.317. The van der Waals surface area contributed by atoms with Crippen LogP contribution in [0.15, 0.2) is 66.9 Å². The average Bonchev–Trinajstić information content (AvgIpc) is 3.96. The lowest BCUT2D eigenvalue weighted by Crippen LogP contribution is -2.34. The summed E-state index contributed by atoms with van der Waals surface area (Å²) in [6.45, 7) is 3.81. The van der Waals surface area contributed by atoms with Crippen LogP contribution in [0.4, 0.5) is 11.8 Å². The van der Waals surface area contributed by atoms with E-state index < -0.39 is 0 Å². The molecule has 2 fully saturated rings. The SMILES string of the molecule is Cc1nc2c(-c3cc4cc(CNC5CCC5)ccc4[nH]3)cc(Nc3nc4c(-c5cc6cc(CN(C)C7CCCC7)ccc6[nH]5)ccnc4[nH]3)nc2[nH]1. The summed E-state index contributed by atoms with van der Waals surface area (Å²) in [4.78, 5) is 35.8. The average molecular weight is 690 g/mol. The van der Waals surface area contributed by atoms with Crippen LogP contribution >= 0.6 is 0 Å². The van der Waals surface area contributed by atoms with Crippen molar-refractivity contribution in [1.29, 1.82) is 0 Å². The zero-order valence-electron chi connectivity index (χ0n) is 29.6. The number of anilines is 2. The van der Waals surface area contributed by atoms with E-state index in [2.05, 4.69) is 96.0 Å². The molecule has 0 amide bonds. The Morgan fingerprint density at radius 2 is 1.44 bits per heavy atom. The van der Waals surface area contributed by atoms with Crippen LogP contribution in [0.5, 0.6) is 0 Å². The molecule has 52 heavy (non-hydrogen) atoms. The van der Waals surface area contributed by atoms with Gasteiger partial charge in [-0.2, -0.15) is 0 Å². The van der Waals surface area contributed by atoms with Gasteiger partial charge in [-0.25, -0.2) is 19.9 Å². The standard InChI is InChI=1S/C41H43N11/c1-23-44-38-31(35-19-26-16-24(10-12-32(26)47-35)21-43-28-6-5-7-28)20-36(48-40(38)45-23)49-41-50-37-30(14-15-42-39(37)51-41)34-18-27-17-25(11-13-33(27)46-34)22-52(2)29-8-3-4-9-29/h10-20,28-29,43,46-47H,3-9,21-22H2,1-2H3,(H3,42,44,45,48,49,50,51). The quantitative estimate of drug-likeness (QED) is 0.0845. The summed E-state index contributed by atoms with van der Waals surface area (Å²) in [6, 6.07) is 23.2. The van der Waals surface area contributed by atoms with Crippen LogP contribution in [-0.4, -0.2) is 63.9 Å². The number of imidazole rings is 2. The summed E-state index contributed by atoms with van der Waals surface area (Å²) in [5, 5.41) is 9.49. The molecule has 2 aromatic carbocycles. The van der Waals surface area contributed by atoms with Crippen molar-refractivity contribution in [2.24, 2.45) is 0 Å². The lowest BCUT2D eigenvalue weighted by molar-refractivity contribution is 0.237. The van der Waals surface area contributed by atoms with Gasteiger partial charge in [0.1, 0.15) is 22.7 Å². The molecule has 6 N–H and O–H groups in total. The van der Waals surface area contributed by atoms with Crippen LogP contribution in [0.25, 0.3) is 66.6 Å². The monoisotopic (exact) mass is 689 g/mol. The second-order valence-corrected chi connectivity index (χ2v) is 14.9. The van der Waals surface area contributed by atoms with Crippen molar-refractivity contribution in [2.45, 2.75) is 77.0 Å². The number of hydrogen-bond donors (Lipinski definition) is 6. The number of hydrogen-bond acceptors (Lipinski definition) is 7. The largest absolute Gasteiger partial charge is 0.354 e. The molecular formula is C41H43N11. The number of fused-ring (bicyclic) bond motifs is 4. The highest BCUT2D eigenvalue weighted by molar-refractivity contribution is 5.97. The van der Waals surface area contributed by atoms with Gasteiger partial charge in [0.25, 0.3) is 0 Å². The topological polar surface area (TPSA) is 142 Å². The molecule has 0 unspecified atom stereocenters. The van der Waals surface area contributed by atoms with Gasteiger partial charge in [-0.1, -0.05) is 31.4 Å². The molecule has 6 aromatic heterocycles. The van der Waals surface area contributed by atoms with E-state index in [4.69, 9.17) is 15.0 Å². The second-order valence-electron chi connectivity index (χ2n) is 14.9. The lowest BCUT2D eigenvalue weighted by atomic mass is 9.93. The van der Waals surface area contributed by atoms with Gasteiger partial charge in [0, 0.05) is 75.7 Å². The molecule has 6 heterocycles. The third kappa shape index (κ3) is 5.79. The minimum atomic E-state index is 0.567. The van der Waals surface area contributed by atoms with E-state index in [1.165, 1.54) is 66.8 Å². The molecule has 2 aliphatic rings. The zero-order valence-corrected chi connectivity index (χ0v) is 29.6. The van der Waals surface area contributed by atoms with E-state index in [1.807, 2.05) is 25.3 Å². The zero-order chi connectivity index (χ0) is 34.8. The maximum atomic E-state index is 4.99. The normalized spacial score (nSPS) is 15.6. The number of aryl methyl sites for hydroxylation is 1. The van der Waals surface area contributed by atoms with Crippen LogP contribution in [0.3, 0.4) is 0 Å². The van der Waals surface area contributed by atoms with Gasteiger partial charge >= 0.3 is 0 Å². The first-order valence-corrected chi connectivity index (χ1v) is 18.7. The van der Waals surface area contributed by atoms with Gasteiger partial charge < -0.3 is 30.6 Å². The molecule has 0 saturated heterocycles. The molecule has 11 nitrogen and oxygen atoms in total. The van der Waals surface area contributed by atoms with Crippen molar-refractivity contribution < 1.29 is 0 Å². The first kappa shape index (κ1) is 31.2. The van der Waals surface area contributed by atoms with Gasteiger partial charge in [-0.3, -0.25) is 4.90 Å². The summed E-state index contributed by atoms with van der Waals surface area (Å²) in [7, 11) is 2.26. The van der Waals surface area contributed by atoms with Crippen LogP contribution in [0.2, 0.25) is 0 Å². The summed E-state index contributed by atoms with van der Waals surface area (Å²) < 4.78 is 0. The minimum Gasteiger partial charge on any atom is -0.354 e. The van der Waals surface area contributed by atoms with E-state index in [9.17, 15) is 0 Å². The second kappa shape index (κ2) is 12.6. The predicted molar refractivity (Wildman–Crippen MR) is 209 cm³/mol. The summed E-state index contributed by atoms with van der Waals surface area (Å²) in [6.07, 6.45) is 11.0. The number of benzene rings is 2. The fourth-order valence-corrected chi connectivity index (χ4v) is 8.18. The molecule has 2 saturated carbocycles. The number of aromatic nitrogens is 8. The van der Waals surface area contributed by atoms with Crippen LogP contribution in [-0.2, 0) is 13.1 Å². The van der Waals surface area contributed by atoms with Crippen LogP contribution in [0.1, 0.15) is 61.9 Å². The van der Waals surface area contributed by atoms with E-state index in [0.29, 0.717) is 35.1 Å². The number of nitrogens with one attached hydrogen (secondary N) is 6. The van der Waals surface area contributed by atoms with Crippen molar-refractivity contribution in [3.05, 3.63) is 83.8 Å². The molecule has 0 bridgehead atoms. The molecule has 11 heteroatoms. The maximum absolute atomic E-state index is 4.99. The fourth-order valence-electron chi connectivity index (χ4n) is 8.18. The Morgan fingerprint density at radius 3 is 2.21 bits per heavy atom. The molecule has 0 radical (unpaired) electrons. The van der Waals surface area contributed by atoms with Crippen molar-refractivity contribution in [2.75, 3.05) is 12.4 Å². The van der Waals surface area contributed by atoms with Crippen LogP contribution in [0, 0.1) is 6.92 Å². The molecule has 2 aliphatic carbocycles. The highest BCUT2D eigenvalue weighted by Crippen LogP contribution is 2.34. The van der Waals surface area contributed by atoms with Gasteiger partial charge in [0.05, 0.1) is 0 Å². The highest BCUT2D eigenvalue weighted by atomic mass is 15.2. The molecule has 0 aliphatic heterocycles. The van der Waals surface area contributed by atoms with Crippen molar-refractivity contribution in [1.82, 2.24) is 50.1 Å². The third-order valence-electron chi connectivity index (χ3n) is 11.2. The van der Waals surface area contributed by atoms with E-state index in [1.54, 1.807) is 0 Å². The van der Waals surface area contributed by atoms with Gasteiger partial charge in [-0.05, 0) is 99.3 Å². The Balaban J connectivity index is 0.941. The Hall–Kier alpha value is -5.52. The minimum absolute atomic E-state index is 0.567. The Morgan fingerprint density at radius 1 is 0.712 bits per heavy atom. The molecule has 8 aromatic rings. The molecule has 0 atom stereocenters. The van der Waals surface area contributed by atoms with E-state index >= 15 is 0 Å². The van der Waals surface area contributed by atoms with Gasteiger partial charge in [-0.15, -0.1) is 0 Å². The third-order valence-corrected chi connectivity index (χ3v) is 11.2. The molecule has 10 rings (SSSR count). The first-order valence-electron chi connectivity index (χ1n) is 18.7. The summed E-state index contributed by atoms with van der Waals surface area (Å²) in [5.74, 6) is 2.03. The number of rotatable bonds is 10. The highest BCUT2D eigenvalue weighted by Gasteiger charge is 2.21.